The van der Waals surface area contributed by atoms with E-state index in [1.807, 2.05) is 12.1 Å². The quantitative estimate of drug-likeness (QED) is 0.548. The van der Waals surface area contributed by atoms with Crippen LogP contribution in [0.2, 0.25) is 10.0 Å². The molecule has 2 aromatic carbocycles. The molecule has 27 heavy (non-hydrogen) atoms. The molecule has 0 aliphatic rings. The molecule has 1 aromatic heterocycles. The lowest BCUT2D eigenvalue weighted by molar-refractivity contribution is 0.0198. The van der Waals surface area contributed by atoms with Crippen LogP contribution >= 0.6 is 23.2 Å². The van der Waals surface area contributed by atoms with Crippen LogP contribution < -0.4 is 4.74 Å². The highest BCUT2D eigenvalue weighted by molar-refractivity contribution is 6.31. The van der Waals surface area contributed by atoms with Gasteiger partial charge >= 0.3 is 0 Å². The van der Waals surface area contributed by atoms with E-state index in [0.717, 1.165) is 5.56 Å². The summed E-state index contributed by atoms with van der Waals surface area (Å²) in [5.41, 5.74) is -0.238. The Balaban J connectivity index is 1.93. The number of halogens is 2. The minimum Gasteiger partial charge on any atom is -0.457 e. The van der Waals surface area contributed by atoms with Crippen LogP contribution in [0.25, 0.3) is 0 Å². The Hall–Kier alpha value is -2.52. The van der Waals surface area contributed by atoms with E-state index < -0.39 is 5.60 Å². The second kappa shape index (κ2) is 8.45. The summed E-state index contributed by atoms with van der Waals surface area (Å²) in [6.45, 7) is 2.10. The number of rotatable bonds is 6. The van der Waals surface area contributed by atoms with Gasteiger partial charge in [0.2, 0.25) is 0 Å². The van der Waals surface area contributed by atoms with Gasteiger partial charge in [0.25, 0.3) is 0 Å². The molecule has 5 nitrogen and oxygen atoms in total. The molecule has 0 fully saturated rings. The molecule has 1 atom stereocenters. The Morgan fingerprint density at radius 3 is 2.44 bits per heavy atom. The molecule has 3 aromatic rings. The maximum atomic E-state index is 6.57. The van der Waals surface area contributed by atoms with Gasteiger partial charge in [0.15, 0.2) is 5.60 Å². The Bertz CT molecular complexity index is 963. The van der Waals surface area contributed by atoms with Gasteiger partial charge in [-0.2, -0.15) is 5.10 Å². The van der Waals surface area contributed by atoms with E-state index in [0.29, 0.717) is 28.1 Å². The SMILES string of the molecule is CC#C[C@@](Cn1cncn1)(OC)c1ccc(Oc2ccc(Cl)cc2)cc1Cl. The molecule has 0 spiro atoms. The first-order valence-corrected chi connectivity index (χ1v) is 8.87. The highest BCUT2D eigenvalue weighted by Gasteiger charge is 2.33. The van der Waals surface area contributed by atoms with Crippen molar-refractivity contribution in [3.63, 3.8) is 0 Å². The van der Waals surface area contributed by atoms with Crippen molar-refractivity contribution in [2.75, 3.05) is 7.11 Å². The highest BCUT2D eigenvalue weighted by Crippen LogP contribution is 2.36. The third-order valence-electron chi connectivity index (χ3n) is 3.95. The van der Waals surface area contributed by atoms with Gasteiger partial charge < -0.3 is 9.47 Å². The Morgan fingerprint density at radius 2 is 1.85 bits per heavy atom. The number of benzene rings is 2. The van der Waals surface area contributed by atoms with Crippen molar-refractivity contribution in [3.05, 3.63) is 70.7 Å². The molecule has 138 valence electrons. The van der Waals surface area contributed by atoms with Crippen LogP contribution in [-0.4, -0.2) is 21.9 Å². The van der Waals surface area contributed by atoms with E-state index in [-0.39, 0.29) is 0 Å². The molecule has 0 unspecified atom stereocenters. The van der Waals surface area contributed by atoms with E-state index in [1.54, 1.807) is 55.4 Å². The van der Waals surface area contributed by atoms with Crippen molar-refractivity contribution in [2.45, 2.75) is 19.1 Å². The van der Waals surface area contributed by atoms with Gasteiger partial charge in [0.1, 0.15) is 24.2 Å². The summed E-state index contributed by atoms with van der Waals surface area (Å²) in [7, 11) is 1.59. The standard InChI is InChI=1S/C20H17Cl2N3O2/c1-3-10-20(26-2,12-25-14-23-13-24-25)18-9-8-17(11-19(18)22)27-16-6-4-15(21)5-7-16/h4-9,11,13-14H,12H2,1-2H3/t20-/m0/s1. The molecule has 0 radical (unpaired) electrons. The van der Waals surface area contributed by atoms with Crippen LogP contribution in [0.5, 0.6) is 11.5 Å². The zero-order valence-electron chi connectivity index (χ0n) is 14.8. The average molecular weight is 402 g/mol. The number of ether oxygens (including phenoxy) is 2. The maximum Gasteiger partial charge on any atom is 0.174 e. The topological polar surface area (TPSA) is 49.2 Å². The molecule has 0 aliphatic heterocycles. The lowest BCUT2D eigenvalue weighted by Gasteiger charge is -2.28. The van der Waals surface area contributed by atoms with E-state index in [2.05, 4.69) is 21.9 Å². The van der Waals surface area contributed by atoms with E-state index >= 15 is 0 Å². The van der Waals surface area contributed by atoms with Crippen LogP contribution in [-0.2, 0) is 16.9 Å². The predicted octanol–water partition coefficient (Wildman–Crippen LogP) is 4.94. The molecule has 0 aliphatic carbocycles. The number of hydrogen-bond donors (Lipinski definition) is 0. The summed E-state index contributed by atoms with van der Waals surface area (Å²) in [6, 6.07) is 12.5. The second-order valence-corrected chi connectivity index (χ2v) is 6.54. The molecule has 0 bridgehead atoms. The molecule has 1 heterocycles. The van der Waals surface area contributed by atoms with Crippen LogP contribution in [0.15, 0.2) is 55.1 Å². The fourth-order valence-corrected chi connectivity index (χ4v) is 3.14. The third kappa shape index (κ3) is 4.42. The van der Waals surface area contributed by atoms with Gasteiger partial charge in [-0.3, -0.25) is 0 Å². The van der Waals surface area contributed by atoms with E-state index in [9.17, 15) is 0 Å². The van der Waals surface area contributed by atoms with Gasteiger partial charge in [-0.1, -0.05) is 29.1 Å². The zero-order chi connectivity index (χ0) is 19.3. The van der Waals surface area contributed by atoms with Crippen LogP contribution in [0, 0.1) is 11.8 Å². The van der Waals surface area contributed by atoms with Gasteiger partial charge in [0, 0.05) is 17.7 Å². The van der Waals surface area contributed by atoms with Crippen molar-refractivity contribution >= 4 is 23.2 Å². The van der Waals surface area contributed by atoms with E-state index in [4.69, 9.17) is 32.7 Å². The Labute approximate surface area is 167 Å². The first kappa shape index (κ1) is 19.2. The largest absolute Gasteiger partial charge is 0.457 e. The molecule has 7 heteroatoms. The number of nitrogens with zero attached hydrogens (tertiary/aromatic N) is 3. The minimum absolute atomic E-state index is 0.349. The van der Waals surface area contributed by atoms with E-state index in [1.165, 1.54) is 6.33 Å². The van der Waals surface area contributed by atoms with Gasteiger partial charge in [-0.05, 0) is 49.4 Å². The zero-order valence-corrected chi connectivity index (χ0v) is 16.3. The minimum atomic E-state index is -0.960. The molecular formula is C20H17Cl2N3O2. The van der Waals surface area contributed by atoms with Crippen molar-refractivity contribution in [1.82, 2.24) is 14.8 Å². The average Bonchev–Trinajstić information content (AvgIpc) is 3.16. The fraction of sp³-hybridized carbons (Fsp3) is 0.200. The molecule has 0 saturated heterocycles. The van der Waals surface area contributed by atoms with Gasteiger partial charge in [0.05, 0.1) is 11.6 Å². The molecule has 0 N–H and O–H groups in total. The second-order valence-electron chi connectivity index (χ2n) is 5.70. The first-order valence-electron chi connectivity index (χ1n) is 8.11. The van der Waals surface area contributed by atoms with Crippen molar-refractivity contribution < 1.29 is 9.47 Å². The van der Waals surface area contributed by atoms with Crippen molar-refractivity contribution in [3.8, 4) is 23.3 Å². The number of hydrogen-bond acceptors (Lipinski definition) is 4. The third-order valence-corrected chi connectivity index (χ3v) is 4.52. The Kier molecular flexibility index (Phi) is 6.02. The van der Waals surface area contributed by atoms with Crippen LogP contribution in [0.1, 0.15) is 12.5 Å². The summed E-state index contributed by atoms with van der Waals surface area (Å²) in [5, 5.41) is 5.27. The summed E-state index contributed by atoms with van der Waals surface area (Å²) >= 11 is 12.5. The summed E-state index contributed by atoms with van der Waals surface area (Å²) in [5.74, 6) is 7.30. The number of methoxy groups -OCH3 is 1. The lowest BCUT2D eigenvalue weighted by atomic mass is 9.93. The smallest absolute Gasteiger partial charge is 0.174 e. The van der Waals surface area contributed by atoms with Crippen molar-refractivity contribution in [1.29, 1.82) is 0 Å². The molecule has 3 rings (SSSR count). The normalized spacial score (nSPS) is 12.7. The summed E-state index contributed by atoms with van der Waals surface area (Å²) in [6.07, 6.45) is 3.07. The van der Waals surface area contributed by atoms with Gasteiger partial charge in [-0.15, -0.1) is 5.92 Å². The fourth-order valence-electron chi connectivity index (χ4n) is 2.69. The van der Waals surface area contributed by atoms with Gasteiger partial charge in [-0.25, -0.2) is 9.67 Å². The summed E-state index contributed by atoms with van der Waals surface area (Å²) < 4.78 is 13.3. The highest BCUT2D eigenvalue weighted by atomic mass is 35.5. The summed E-state index contributed by atoms with van der Waals surface area (Å²) in [4.78, 5) is 3.97. The van der Waals surface area contributed by atoms with Crippen molar-refractivity contribution in [2.24, 2.45) is 0 Å². The lowest BCUT2D eigenvalue weighted by Crippen LogP contribution is -2.33. The predicted molar refractivity (Wildman–Crippen MR) is 105 cm³/mol. The monoisotopic (exact) mass is 401 g/mol. The molecular weight excluding hydrogens is 385 g/mol. The van der Waals surface area contributed by atoms with Crippen LogP contribution in [0.3, 0.4) is 0 Å². The molecule has 0 amide bonds. The maximum absolute atomic E-state index is 6.57. The molecule has 0 saturated carbocycles. The Morgan fingerprint density at radius 1 is 1.11 bits per heavy atom. The number of aromatic nitrogens is 3. The van der Waals surface area contributed by atoms with Crippen LogP contribution in [0.4, 0.5) is 0 Å². The first-order chi connectivity index (χ1) is 13.1.